The minimum Gasteiger partial charge on any atom is -0.328 e. The molecule has 0 spiro atoms. The highest BCUT2D eigenvalue weighted by molar-refractivity contribution is 7.80. The summed E-state index contributed by atoms with van der Waals surface area (Å²) >= 11 is 4.11. The Labute approximate surface area is 119 Å². The summed E-state index contributed by atoms with van der Waals surface area (Å²) in [6.07, 6.45) is 10.7. The predicted molar refractivity (Wildman–Crippen MR) is 82.1 cm³/mol. The molecule has 110 valence electrons. The van der Waals surface area contributed by atoms with E-state index in [-0.39, 0.29) is 0 Å². The molecule has 0 aromatic rings. The summed E-state index contributed by atoms with van der Waals surface area (Å²) in [6, 6.07) is 0. The van der Waals surface area contributed by atoms with Gasteiger partial charge in [-0.25, -0.2) is 0 Å². The van der Waals surface area contributed by atoms with Gasteiger partial charge in [-0.15, -0.1) is 0 Å². The maximum atomic E-state index is 9.42. The quantitative estimate of drug-likeness (QED) is 0.277. The number of rotatable bonds is 14. The van der Waals surface area contributed by atoms with Crippen LogP contribution in [0.15, 0.2) is 0 Å². The highest BCUT2D eigenvalue weighted by atomic mass is 32.1. The van der Waals surface area contributed by atoms with Crippen LogP contribution in [0.1, 0.15) is 64.7 Å². The Morgan fingerprint density at radius 3 is 1.89 bits per heavy atom. The Morgan fingerprint density at radius 2 is 1.33 bits per heavy atom. The summed E-state index contributed by atoms with van der Waals surface area (Å²) in [5.74, 6) is 0.867. The molecular weight excluding hydrogens is 267 g/mol. The van der Waals surface area contributed by atoms with Crippen molar-refractivity contribution in [1.82, 2.24) is 0 Å². The molecule has 0 amide bonds. The van der Waals surface area contributed by atoms with Crippen LogP contribution >= 0.6 is 21.2 Å². The van der Waals surface area contributed by atoms with Crippen LogP contribution in [0.3, 0.4) is 0 Å². The third kappa shape index (κ3) is 14.7. The second-order valence-corrected chi connectivity index (χ2v) is 5.90. The lowest BCUT2D eigenvalue weighted by atomic mass is 10.1. The second-order valence-electron chi connectivity index (χ2n) is 4.46. The molecule has 0 aliphatic carbocycles. The molecule has 1 atom stereocenters. The highest BCUT2D eigenvalue weighted by Gasteiger charge is 2.05. The molecule has 5 heteroatoms. The molecule has 0 aliphatic rings. The van der Waals surface area contributed by atoms with Crippen molar-refractivity contribution in [3.8, 4) is 0 Å². The van der Waals surface area contributed by atoms with E-state index < -0.39 is 8.60 Å². The van der Waals surface area contributed by atoms with Gasteiger partial charge in [-0.3, -0.25) is 0 Å². The summed E-state index contributed by atoms with van der Waals surface area (Å²) in [5, 5.41) is 0. The lowest BCUT2D eigenvalue weighted by molar-refractivity contribution is 0.195. The maximum Gasteiger partial charge on any atom is 0.329 e. The smallest absolute Gasteiger partial charge is 0.328 e. The first kappa shape index (κ1) is 18.7. The fourth-order valence-electron chi connectivity index (χ4n) is 1.60. The molecule has 0 aromatic heterocycles. The molecule has 0 radical (unpaired) electrons. The van der Waals surface area contributed by atoms with Gasteiger partial charge in [0.2, 0.25) is 0 Å². The third-order valence-electron chi connectivity index (χ3n) is 2.70. The number of hydrogen-bond acceptors (Lipinski definition) is 4. The van der Waals surface area contributed by atoms with Gasteiger partial charge < -0.3 is 13.9 Å². The summed E-state index contributed by atoms with van der Waals surface area (Å²) < 4.78 is 10.4. The normalized spacial score (nSPS) is 12.8. The van der Waals surface area contributed by atoms with Gasteiger partial charge in [-0.1, -0.05) is 45.4 Å². The van der Waals surface area contributed by atoms with E-state index in [1.807, 2.05) is 0 Å². The van der Waals surface area contributed by atoms with Crippen LogP contribution in [0.25, 0.3) is 0 Å². The number of thiol groups is 1. The van der Waals surface area contributed by atoms with E-state index >= 15 is 0 Å². The Kier molecular flexibility index (Phi) is 16.3. The Hall–Kier alpha value is 0.660. The van der Waals surface area contributed by atoms with Crippen molar-refractivity contribution in [2.75, 3.05) is 19.0 Å². The largest absolute Gasteiger partial charge is 0.329 e. The van der Waals surface area contributed by atoms with E-state index in [0.717, 1.165) is 25.0 Å². The zero-order chi connectivity index (χ0) is 13.5. The van der Waals surface area contributed by atoms with Crippen molar-refractivity contribution in [2.45, 2.75) is 64.7 Å². The van der Waals surface area contributed by atoms with Crippen molar-refractivity contribution in [2.24, 2.45) is 0 Å². The second kappa shape index (κ2) is 15.7. The molecule has 0 saturated carbocycles. The summed E-state index contributed by atoms with van der Waals surface area (Å²) in [6.45, 7) is 3.41. The monoisotopic (exact) mass is 296 g/mol. The van der Waals surface area contributed by atoms with Crippen LogP contribution in [0.2, 0.25) is 0 Å². The Bertz CT molecular complexity index is 161. The van der Waals surface area contributed by atoms with Crippen LogP contribution in [-0.2, 0) is 9.05 Å². The molecule has 0 aromatic carbocycles. The van der Waals surface area contributed by atoms with E-state index in [0.29, 0.717) is 13.2 Å². The maximum absolute atomic E-state index is 9.42. The molecule has 0 fully saturated rings. The van der Waals surface area contributed by atoms with Gasteiger partial charge >= 0.3 is 8.60 Å². The van der Waals surface area contributed by atoms with Gasteiger partial charge in [0.25, 0.3) is 0 Å². The number of hydrogen-bond donors (Lipinski definition) is 2. The van der Waals surface area contributed by atoms with Crippen molar-refractivity contribution >= 4 is 21.2 Å². The molecule has 0 bridgehead atoms. The molecule has 0 heterocycles. The van der Waals surface area contributed by atoms with Gasteiger partial charge in [0, 0.05) is 0 Å². The molecule has 0 saturated heterocycles. The fraction of sp³-hybridized carbons (Fsp3) is 1.00. The van der Waals surface area contributed by atoms with E-state index in [4.69, 9.17) is 9.05 Å². The van der Waals surface area contributed by atoms with Crippen LogP contribution in [-0.4, -0.2) is 23.9 Å². The van der Waals surface area contributed by atoms with E-state index in [9.17, 15) is 4.89 Å². The number of unbranched alkanes of at least 4 members (excludes halogenated alkanes) is 7. The average molecular weight is 296 g/mol. The fourth-order valence-corrected chi connectivity index (χ4v) is 2.46. The first-order valence-corrected chi connectivity index (χ1v) is 8.93. The van der Waals surface area contributed by atoms with E-state index in [2.05, 4.69) is 19.6 Å². The summed E-state index contributed by atoms with van der Waals surface area (Å²) in [7, 11) is -1.65. The third-order valence-corrected chi connectivity index (χ3v) is 3.83. The first-order chi connectivity index (χ1) is 8.81. The van der Waals surface area contributed by atoms with Crippen LogP contribution in [0.5, 0.6) is 0 Å². The van der Waals surface area contributed by atoms with Crippen molar-refractivity contribution < 1.29 is 13.9 Å². The highest BCUT2D eigenvalue weighted by Crippen LogP contribution is 2.33. The lowest BCUT2D eigenvalue weighted by Crippen LogP contribution is -1.95. The van der Waals surface area contributed by atoms with Gasteiger partial charge in [-0.05, 0) is 25.0 Å². The zero-order valence-corrected chi connectivity index (χ0v) is 13.4. The molecule has 1 unspecified atom stereocenters. The van der Waals surface area contributed by atoms with Crippen LogP contribution in [0, 0.1) is 0 Å². The van der Waals surface area contributed by atoms with Gasteiger partial charge in [0.05, 0.1) is 13.2 Å². The molecular formula is C13H29O3PS. The minimum absolute atomic E-state index is 0.569. The summed E-state index contributed by atoms with van der Waals surface area (Å²) in [4.78, 5) is 9.42. The van der Waals surface area contributed by atoms with Crippen molar-refractivity contribution in [1.29, 1.82) is 0 Å². The van der Waals surface area contributed by atoms with E-state index in [1.165, 1.54) is 38.5 Å². The van der Waals surface area contributed by atoms with Crippen LogP contribution < -0.4 is 0 Å². The molecule has 18 heavy (non-hydrogen) atoms. The average Bonchev–Trinajstić information content (AvgIpc) is 2.38. The molecule has 0 rings (SSSR count). The zero-order valence-electron chi connectivity index (χ0n) is 11.6. The van der Waals surface area contributed by atoms with E-state index in [1.54, 1.807) is 0 Å². The molecule has 0 aliphatic heterocycles. The van der Waals surface area contributed by atoms with Gasteiger partial charge in [0.1, 0.15) is 0 Å². The summed E-state index contributed by atoms with van der Waals surface area (Å²) in [5.41, 5.74) is 0. The Balaban J connectivity index is 3.08. The minimum atomic E-state index is -1.65. The first-order valence-electron chi connectivity index (χ1n) is 7.17. The van der Waals surface area contributed by atoms with Gasteiger partial charge in [-0.2, -0.15) is 12.6 Å². The van der Waals surface area contributed by atoms with Crippen molar-refractivity contribution in [3.05, 3.63) is 0 Å². The predicted octanol–water partition coefficient (Wildman–Crippen LogP) is 4.70. The molecule has 3 nitrogen and oxygen atoms in total. The molecule has 1 N–H and O–H groups in total. The topological polar surface area (TPSA) is 38.7 Å². The van der Waals surface area contributed by atoms with Crippen molar-refractivity contribution in [3.63, 3.8) is 0 Å². The SMILES string of the molecule is CCCCCCCCCOP(O)OCCCCS. The lowest BCUT2D eigenvalue weighted by Gasteiger charge is -2.10. The Morgan fingerprint density at radius 1 is 0.833 bits per heavy atom. The van der Waals surface area contributed by atoms with Gasteiger partial charge in [0.15, 0.2) is 0 Å². The van der Waals surface area contributed by atoms with Crippen LogP contribution in [0.4, 0.5) is 0 Å². The standard InChI is InChI=1S/C13H29O3PS/c1-2-3-4-5-6-7-8-11-15-17(14)16-12-9-10-13-18/h14,18H,2-13H2,1H3.